The molecule has 0 saturated heterocycles. The fraction of sp³-hybridized carbons (Fsp3) is 0.222. The summed E-state index contributed by atoms with van der Waals surface area (Å²) in [4.78, 5) is 24.5. The first-order valence-corrected chi connectivity index (χ1v) is 8.38. The molecule has 2 aromatic carbocycles. The summed E-state index contributed by atoms with van der Waals surface area (Å²) in [7, 11) is 3.24. The topological polar surface area (TPSA) is 59.8 Å². The Balaban J connectivity index is 1.88. The first-order valence-electron chi connectivity index (χ1n) is 7.62. The van der Waals surface area contributed by atoms with Gasteiger partial charge in [0.25, 0.3) is 5.91 Å². The molecule has 0 radical (unpaired) electrons. The van der Waals surface area contributed by atoms with Crippen molar-refractivity contribution >= 4 is 40.8 Å². The highest BCUT2D eigenvalue weighted by Crippen LogP contribution is 2.22. The SMILES string of the molecule is COC(=O)c1ccc(NC(=O)C[NH+](C)Cc2ccc(Cl)c(Cl)c2)cc1. The Bertz CT molecular complexity index is 763. The molecule has 0 saturated carbocycles. The van der Waals surface area contributed by atoms with Gasteiger partial charge in [-0.25, -0.2) is 4.79 Å². The molecule has 2 rings (SSSR count). The van der Waals surface area contributed by atoms with Gasteiger partial charge in [0.05, 0.1) is 29.8 Å². The Morgan fingerprint density at radius 2 is 1.76 bits per heavy atom. The fourth-order valence-electron chi connectivity index (χ4n) is 2.35. The van der Waals surface area contributed by atoms with E-state index in [1.54, 1.807) is 36.4 Å². The third-order valence-corrected chi connectivity index (χ3v) is 4.28. The normalized spacial score (nSPS) is 11.7. The number of esters is 1. The van der Waals surface area contributed by atoms with Crippen LogP contribution >= 0.6 is 23.2 Å². The lowest BCUT2D eigenvalue weighted by atomic mass is 10.2. The van der Waals surface area contributed by atoms with Crippen molar-refractivity contribution in [1.82, 2.24) is 0 Å². The van der Waals surface area contributed by atoms with Crippen molar-refractivity contribution in [1.29, 1.82) is 0 Å². The Kier molecular flexibility index (Phi) is 6.82. The van der Waals surface area contributed by atoms with Crippen LogP contribution in [-0.4, -0.2) is 32.6 Å². The second-order valence-electron chi connectivity index (χ2n) is 5.68. The number of amides is 1. The summed E-state index contributed by atoms with van der Waals surface area (Å²) in [6.45, 7) is 0.935. The van der Waals surface area contributed by atoms with E-state index in [-0.39, 0.29) is 5.91 Å². The van der Waals surface area contributed by atoms with E-state index in [1.165, 1.54) is 7.11 Å². The van der Waals surface area contributed by atoms with Gasteiger partial charge in [-0.3, -0.25) is 4.79 Å². The highest BCUT2D eigenvalue weighted by Gasteiger charge is 2.12. The molecule has 25 heavy (non-hydrogen) atoms. The molecular formula is C18H19Cl2N2O3+. The maximum Gasteiger partial charge on any atom is 0.337 e. The number of likely N-dealkylation sites (N-methyl/N-ethyl adjacent to an activating group) is 1. The number of ether oxygens (including phenoxy) is 1. The van der Waals surface area contributed by atoms with Crippen LogP contribution in [0.3, 0.4) is 0 Å². The average molecular weight is 382 g/mol. The van der Waals surface area contributed by atoms with Gasteiger partial charge < -0.3 is 15.0 Å². The number of anilines is 1. The first-order chi connectivity index (χ1) is 11.9. The number of benzene rings is 2. The van der Waals surface area contributed by atoms with Crippen molar-refractivity contribution in [2.45, 2.75) is 6.54 Å². The molecule has 1 atom stereocenters. The number of carbonyl (C=O) groups excluding carboxylic acids is 2. The van der Waals surface area contributed by atoms with Gasteiger partial charge in [-0.05, 0) is 36.4 Å². The molecule has 7 heteroatoms. The van der Waals surface area contributed by atoms with E-state index in [4.69, 9.17) is 23.2 Å². The van der Waals surface area contributed by atoms with Crippen LogP contribution in [0, 0.1) is 0 Å². The van der Waals surface area contributed by atoms with E-state index in [2.05, 4.69) is 10.1 Å². The van der Waals surface area contributed by atoms with Gasteiger partial charge in [0.1, 0.15) is 6.54 Å². The number of nitrogens with one attached hydrogen (secondary N) is 2. The van der Waals surface area contributed by atoms with Crippen LogP contribution < -0.4 is 10.2 Å². The Morgan fingerprint density at radius 1 is 1.08 bits per heavy atom. The summed E-state index contributed by atoms with van der Waals surface area (Å²) >= 11 is 11.9. The summed E-state index contributed by atoms with van der Waals surface area (Å²) in [6.07, 6.45) is 0. The van der Waals surface area contributed by atoms with Gasteiger partial charge in [0, 0.05) is 11.3 Å². The fourth-order valence-corrected chi connectivity index (χ4v) is 2.67. The monoisotopic (exact) mass is 381 g/mol. The molecule has 1 unspecified atom stereocenters. The van der Waals surface area contributed by atoms with Gasteiger partial charge in [-0.15, -0.1) is 0 Å². The zero-order valence-corrected chi connectivity index (χ0v) is 15.4. The predicted molar refractivity (Wildman–Crippen MR) is 98.3 cm³/mol. The highest BCUT2D eigenvalue weighted by atomic mass is 35.5. The van der Waals surface area contributed by atoms with Crippen molar-refractivity contribution in [3.05, 3.63) is 63.6 Å². The lowest BCUT2D eigenvalue weighted by molar-refractivity contribution is -0.885. The Labute approximate surface area is 156 Å². The summed E-state index contributed by atoms with van der Waals surface area (Å²) in [5.41, 5.74) is 2.06. The maximum absolute atomic E-state index is 12.1. The zero-order chi connectivity index (χ0) is 18.4. The van der Waals surface area contributed by atoms with E-state index in [0.29, 0.717) is 34.4 Å². The predicted octanol–water partition coefficient (Wildman–Crippen LogP) is 2.43. The second kappa shape index (κ2) is 8.85. The molecule has 2 aromatic rings. The molecule has 5 nitrogen and oxygen atoms in total. The number of quaternary nitrogens is 1. The van der Waals surface area contributed by atoms with E-state index in [0.717, 1.165) is 10.5 Å². The van der Waals surface area contributed by atoms with Crippen molar-refractivity contribution in [3.63, 3.8) is 0 Å². The van der Waals surface area contributed by atoms with Crippen molar-refractivity contribution in [2.24, 2.45) is 0 Å². The van der Waals surface area contributed by atoms with Gasteiger partial charge in [-0.1, -0.05) is 29.3 Å². The molecule has 0 aliphatic carbocycles. The smallest absolute Gasteiger partial charge is 0.337 e. The van der Waals surface area contributed by atoms with E-state index >= 15 is 0 Å². The molecule has 2 N–H and O–H groups in total. The Hall–Kier alpha value is -2.08. The molecule has 1 amide bonds. The number of rotatable bonds is 6. The minimum Gasteiger partial charge on any atom is -0.465 e. The molecule has 0 aromatic heterocycles. The Morgan fingerprint density at radius 3 is 2.36 bits per heavy atom. The van der Waals surface area contributed by atoms with E-state index < -0.39 is 5.97 Å². The van der Waals surface area contributed by atoms with Crippen LogP contribution in [0.2, 0.25) is 10.0 Å². The molecule has 0 heterocycles. The number of hydrogen-bond donors (Lipinski definition) is 2. The quantitative estimate of drug-likeness (QED) is 0.755. The van der Waals surface area contributed by atoms with Gasteiger partial charge >= 0.3 is 5.97 Å². The zero-order valence-electron chi connectivity index (χ0n) is 13.9. The molecule has 0 aliphatic rings. The van der Waals surface area contributed by atoms with Crippen molar-refractivity contribution < 1.29 is 19.2 Å². The average Bonchev–Trinajstić information content (AvgIpc) is 2.58. The van der Waals surface area contributed by atoms with E-state index in [9.17, 15) is 9.59 Å². The number of methoxy groups -OCH3 is 1. The summed E-state index contributed by atoms with van der Waals surface area (Å²) < 4.78 is 4.63. The first kappa shape index (κ1) is 19.2. The number of carbonyl (C=O) groups is 2. The minimum atomic E-state index is -0.413. The minimum absolute atomic E-state index is 0.122. The molecule has 0 spiro atoms. The van der Waals surface area contributed by atoms with E-state index in [1.807, 2.05) is 13.1 Å². The molecule has 132 valence electrons. The second-order valence-corrected chi connectivity index (χ2v) is 6.49. The van der Waals surface area contributed by atoms with Gasteiger partial charge in [0.2, 0.25) is 0 Å². The molecule has 0 bridgehead atoms. The number of halogens is 2. The third-order valence-electron chi connectivity index (χ3n) is 3.54. The van der Waals surface area contributed by atoms with Gasteiger partial charge in [-0.2, -0.15) is 0 Å². The standard InChI is InChI=1S/C18H18Cl2N2O3/c1-22(10-12-3-8-15(19)16(20)9-12)11-17(23)21-14-6-4-13(5-7-14)18(24)25-2/h3-9H,10-11H2,1-2H3,(H,21,23)/p+1. The van der Waals surface area contributed by atoms with Gasteiger partial charge in [0.15, 0.2) is 6.54 Å². The number of hydrogen-bond acceptors (Lipinski definition) is 3. The molecular weight excluding hydrogens is 363 g/mol. The largest absolute Gasteiger partial charge is 0.465 e. The summed E-state index contributed by atoms with van der Waals surface area (Å²) in [5, 5.41) is 3.82. The molecule has 0 fully saturated rings. The van der Waals surface area contributed by atoms with Crippen molar-refractivity contribution in [2.75, 3.05) is 26.0 Å². The third kappa shape index (κ3) is 5.74. The lowest BCUT2D eigenvalue weighted by Crippen LogP contribution is -3.08. The lowest BCUT2D eigenvalue weighted by Gasteiger charge is -2.14. The highest BCUT2D eigenvalue weighted by molar-refractivity contribution is 6.42. The van der Waals surface area contributed by atoms with Crippen LogP contribution in [0.25, 0.3) is 0 Å². The van der Waals surface area contributed by atoms with Crippen LogP contribution in [-0.2, 0) is 16.1 Å². The van der Waals surface area contributed by atoms with Crippen LogP contribution in [0.5, 0.6) is 0 Å². The summed E-state index contributed by atoms with van der Waals surface area (Å²) in [5.74, 6) is -0.535. The summed E-state index contributed by atoms with van der Waals surface area (Å²) in [6, 6.07) is 12.0. The van der Waals surface area contributed by atoms with Crippen molar-refractivity contribution in [3.8, 4) is 0 Å². The molecule has 0 aliphatic heterocycles. The van der Waals surface area contributed by atoms with Crippen LogP contribution in [0.1, 0.15) is 15.9 Å². The van der Waals surface area contributed by atoms with Crippen LogP contribution in [0.4, 0.5) is 5.69 Å². The van der Waals surface area contributed by atoms with Crippen LogP contribution in [0.15, 0.2) is 42.5 Å². The maximum atomic E-state index is 12.1.